The Morgan fingerprint density at radius 1 is 0.739 bits per heavy atom. The Balaban J connectivity index is 2.00. The summed E-state index contributed by atoms with van der Waals surface area (Å²) in [5.41, 5.74) is 8.74. The van der Waals surface area contributed by atoms with Crippen LogP contribution in [0.2, 0.25) is 0 Å². The zero-order valence-electron chi connectivity index (χ0n) is 13.4. The van der Waals surface area contributed by atoms with Gasteiger partial charge in [-0.25, -0.2) is 0 Å². The fourth-order valence-corrected chi connectivity index (χ4v) is 5.50. The van der Waals surface area contributed by atoms with Crippen LogP contribution >= 0.6 is 7.92 Å². The van der Waals surface area contributed by atoms with Gasteiger partial charge in [0.2, 0.25) is 0 Å². The maximum atomic E-state index is 5.72. The van der Waals surface area contributed by atoms with Gasteiger partial charge in [0.25, 0.3) is 0 Å². The van der Waals surface area contributed by atoms with E-state index in [4.69, 9.17) is 5.73 Å². The van der Waals surface area contributed by atoms with Crippen LogP contribution in [0.25, 0.3) is 0 Å². The highest BCUT2D eigenvalue weighted by Gasteiger charge is 2.22. The number of rotatable bonds is 5. The zero-order chi connectivity index (χ0) is 16.1. The summed E-state index contributed by atoms with van der Waals surface area (Å²) in [6.45, 7) is 2.93. The first-order chi connectivity index (χ1) is 11.3. The van der Waals surface area contributed by atoms with Crippen molar-refractivity contribution < 1.29 is 0 Å². The first-order valence-electron chi connectivity index (χ1n) is 7.98. The predicted molar refractivity (Wildman–Crippen MR) is 102 cm³/mol. The second-order valence-electron chi connectivity index (χ2n) is 5.66. The van der Waals surface area contributed by atoms with Gasteiger partial charge in [0.15, 0.2) is 0 Å². The summed E-state index contributed by atoms with van der Waals surface area (Å²) < 4.78 is 0. The Hall–Kier alpha value is -1.95. The lowest BCUT2D eigenvalue weighted by Gasteiger charge is -2.26. The topological polar surface area (TPSA) is 26.0 Å². The minimum atomic E-state index is -0.434. The van der Waals surface area contributed by atoms with Crippen LogP contribution < -0.4 is 16.3 Å². The van der Waals surface area contributed by atoms with Crippen molar-refractivity contribution in [2.75, 3.05) is 0 Å². The molecular formula is C21H22NP. The molecule has 0 radical (unpaired) electrons. The monoisotopic (exact) mass is 319 g/mol. The summed E-state index contributed by atoms with van der Waals surface area (Å²) in [7, 11) is -0.434. The molecular weight excluding hydrogens is 297 g/mol. The molecule has 0 fully saturated rings. The molecule has 3 rings (SSSR count). The van der Waals surface area contributed by atoms with Crippen molar-refractivity contribution in [2.45, 2.75) is 19.1 Å². The van der Waals surface area contributed by atoms with Crippen molar-refractivity contribution in [3.05, 3.63) is 96.1 Å². The molecule has 1 unspecified atom stereocenters. The summed E-state index contributed by atoms with van der Waals surface area (Å²) in [5.74, 6) is 0. The van der Waals surface area contributed by atoms with Gasteiger partial charge in [0, 0.05) is 12.2 Å². The van der Waals surface area contributed by atoms with E-state index in [1.54, 1.807) is 0 Å². The number of nitrogens with two attached hydrogens (primary N) is 1. The SMILES string of the molecule is CC(c1ccc(CN)cc1)P(c1ccccc1)c1ccccc1. The fraction of sp³-hybridized carbons (Fsp3) is 0.143. The van der Waals surface area contributed by atoms with E-state index >= 15 is 0 Å². The van der Waals surface area contributed by atoms with Gasteiger partial charge < -0.3 is 5.73 Å². The zero-order valence-corrected chi connectivity index (χ0v) is 14.3. The molecule has 0 bridgehead atoms. The van der Waals surface area contributed by atoms with E-state index in [0.717, 1.165) is 0 Å². The molecule has 0 spiro atoms. The maximum absolute atomic E-state index is 5.72. The van der Waals surface area contributed by atoms with Crippen LogP contribution in [0.3, 0.4) is 0 Å². The van der Waals surface area contributed by atoms with Crippen molar-refractivity contribution >= 4 is 18.5 Å². The van der Waals surface area contributed by atoms with E-state index in [9.17, 15) is 0 Å². The molecule has 0 heterocycles. The van der Waals surface area contributed by atoms with Crippen LogP contribution in [-0.2, 0) is 6.54 Å². The van der Waals surface area contributed by atoms with E-state index in [0.29, 0.717) is 12.2 Å². The molecule has 0 aromatic heterocycles. The van der Waals surface area contributed by atoms with E-state index in [2.05, 4.69) is 91.9 Å². The first kappa shape index (κ1) is 15.9. The Morgan fingerprint density at radius 2 is 1.22 bits per heavy atom. The largest absolute Gasteiger partial charge is 0.326 e. The molecule has 2 heteroatoms. The van der Waals surface area contributed by atoms with Gasteiger partial charge in [0.1, 0.15) is 0 Å². The highest BCUT2D eigenvalue weighted by atomic mass is 31.1. The second-order valence-corrected chi connectivity index (χ2v) is 8.21. The predicted octanol–water partition coefficient (Wildman–Crippen LogP) is 4.34. The van der Waals surface area contributed by atoms with E-state index < -0.39 is 7.92 Å². The Bertz CT molecular complexity index is 683. The minimum absolute atomic E-state index is 0.434. The lowest BCUT2D eigenvalue weighted by molar-refractivity contribution is 1.04. The van der Waals surface area contributed by atoms with Crippen molar-refractivity contribution in [2.24, 2.45) is 5.73 Å². The standard InChI is InChI=1S/C21H22NP/c1-17(19-14-12-18(16-22)13-15-19)23(20-8-4-2-5-9-20)21-10-6-3-7-11-21/h2-15,17H,16,22H2,1H3. The molecule has 0 aliphatic rings. The van der Waals surface area contributed by atoms with Crippen molar-refractivity contribution in [3.8, 4) is 0 Å². The molecule has 1 atom stereocenters. The van der Waals surface area contributed by atoms with Gasteiger partial charge in [-0.1, -0.05) is 91.9 Å². The van der Waals surface area contributed by atoms with E-state index in [1.165, 1.54) is 21.7 Å². The first-order valence-corrected chi connectivity index (χ1v) is 9.39. The lowest BCUT2D eigenvalue weighted by atomic mass is 10.1. The molecule has 3 aromatic carbocycles. The summed E-state index contributed by atoms with van der Waals surface area (Å²) in [5, 5.41) is 2.84. The number of benzene rings is 3. The van der Waals surface area contributed by atoms with Gasteiger partial charge >= 0.3 is 0 Å². The summed E-state index contributed by atoms with van der Waals surface area (Å²) in [4.78, 5) is 0. The van der Waals surface area contributed by atoms with E-state index in [-0.39, 0.29) is 0 Å². The summed E-state index contributed by atoms with van der Waals surface area (Å²) >= 11 is 0. The van der Waals surface area contributed by atoms with Crippen molar-refractivity contribution in [3.63, 3.8) is 0 Å². The third-order valence-corrected chi connectivity index (χ3v) is 6.94. The van der Waals surface area contributed by atoms with Crippen LogP contribution in [0.15, 0.2) is 84.9 Å². The van der Waals surface area contributed by atoms with Gasteiger partial charge in [-0.05, 0) is 29.7 Å². The average molecular weight is 319 g/mol. The molecule has 2 N–H and O–H groups in total. The smallest absolute Gasteiger partial charge is 0.0178 e. The Kier molecular flexibility index (Phi) is 5.23. The molecule has 0 saturated heterocycles. The normalized spacial score (nSPS) is 12.3. The van der Waals surface area contributed by atoms with Gasteiger partial charge in [-0.15, -0.1) is 0 Å². The summed E-state index contributed by atoms with van der Waals surface area (Å²) in [6, 6.07) is 30.5. The van der Waals surface area contributed by atoms with Gasteiger partial charge in [-0.2, -0.15) is 0 Å². The van der Waals surface area contributed by atoms with Crippen molar-refractivity contribution in [1.82, 2.24) is 0 Å². The molecule has 3 aromatic rings. The molecule has 0 aliphatic carbocycles. The van der Waals surface area contributed by atoms with Crippen LogP contribution in [0.1, 0.15) is 23.7 Å². The fourth-order valence-electron chi connectivity index (χ4n) is 2.85. The minimum Gasteiger partial charge on any atom is -0.326 e. The lowest BCUT2D eigenvalue weighted by Crippen LogP contribution is -2.15. The third-order valence-electron chi connectivity index (χ3n) is 4.15. The summed E-state index contributed by atoms with van der Waals surface area (Å²) in [6.07, 6.45) is 0. The average Bonchev–Trinajstić information content (AvgIpc) is 2.64. The Labute approximate surface area is 139 Å². The van der Waals surface area contributed by atoms with Gasteiger partial charge in [0.05, 0.1) is 0 Å². The second kappa shape index (κ2) is 7.55. The molecule has 0 saturated carbocycles. The number of hydrogen-bond acceptors (Lipinski definition) is 1. The van der Waals surface area contributed by atoms with Crippen LogP contribution in [0.5, 0.6) is 0 Å². The quantitative estimate of drug-likeness (QED) is 0.696. The van der Waals surface area contributed by atoms with Crippen LogP contribution in [-0.4, -0.2) is 0 Å². The van der Waals surface area contributed by atoms with E-state index in [1.807, 2.05) is 0 Å². The van der Waals surface area contributed by atoms with Crippen molar-refractivity contribution in [1.29, 1.82) is 0 Å². The van der Waals surface area contributed by atoms with Crippen LogP contribution in [0, 0.1) is 0 Å². The van der Waals surface area contributed by atoms with Crippen LogP contribution in [0.4, 0.5) is 0 Å². The molecule has 1 nitrogen and oxygen atoms in total. The third kappa shape index (κ3) is 3.69. The molecule has 0 amide bonds. The molecule has 23 heavy (non-hydrogen) atoms. The molecule has 0 aliphatic heterocycles. The highest BCUT2D eigenvalue weighted by molar-refractivity contribution is 7.73. The maximum Gasteiger partial charge on any atom is 0.0178 e. The highest BCUT2D eigenvalue weighted by Crippen LogP contribution is 2.48. The molecule has 116 valence electrons. The van der Waals surface area contributed by atoms with Gasteiger partial charge in [-0.3, -0.25) is 0 Å². The number of hydrogen-bond donors (Lipinski definition) is 1. The Morgan fingerprint density at radius 3 is 1.65 bits per heavy atom.